The van der Waals surface area contributed by atoms with Gasteiger partial charge in [-0.15, -0.1) is 0 Å². The minimum Gasteiger partial charge on any atom is -0.391 e. The molecular formula is C12H16BrFN2O. The Kier molecular flexibility index (Phi) is 4.50. The fourth-order valence-corrected chi connectivity index (χ4v) is 2.23. The molecule has 1 fully saturated rings. The summed E-state index contributed by atoms with van der Waals surface area (Å²) >= 11 is 3.12. The van der Waals surface area contributed by atoms with Crippen molar-refractivity contribution >= 4 is 15.9 Å². The van der Waals surface area contributed by atoms with Crippen LogP contribution in [-0.4, -0.2) is 30.8 Å². The molecule has 0 saturated carbocycles. The summed E-state index contributed by atoms with van der Waals surface area (Å²) in [5, 5.41) is 16.0. The number of aliphatic hydroxyl groups is 1. The van der Waals surface area contributed by atoms with E-state index in [-0.39, 0.29) is 17.8 Å². The normalized spacial score (nSPS) is 24.2. The molecule has 1 heterocycles. The third-order valence-corrected chi connectivity index (χ3v) is 3.67. The van der Waals surface area contributed by atoms with Crippen LogP contribution >= 0.6 is 15.9 Å². The van der Waals surface area contributed by atoms with Crippen LogP contribution in [0.5, 0.6) is 0 Å². The highest BCUT2D eigenvalue weighted by Gasteiger charge is 2.23. The van der Waals surface area contributed by atoms with E-state index in [4.69, 9.17) is 0 Å². The molecule has 1 saturated heterocycles. The summed E-state index contributed by atoms with van der Waals surface area (Å²) in [4.78, 5) is 0. The van der Waals surface area contributed by atoms with Crippen molar-refractivity contribution in [1.82, 2.24) is 10.6 Å². The number of aliphatic hydroxyl groups excluding tert-OH is 1. The van der Waals surface area contributed by atoms with Crippen molar-refractivity contribution < 1.29 is 9.50 Å². The second kappa shape index (κ2) is 5.91. The van der Waals surface area contributed by atoms with Gasteiger partial charge in [0.05, 0.1) is 10.6 Å². The van der Waals surface area contributed by atoms with E-state index in [1.54, 1.807) is 6.07 Å². The lowest BCUT2D eigenvalue weighted by Crippen LogP contribution is -2.30. The average Bonchev–Trinajstić information content (AvgIpc) is 2.70. The van der Waals surface area contributed by atoms with Crippen molar-refractivity contribution in [2.45, 2.75) is 12.6 Å². The van der Waals surface area contributed by atoms with Gasteiger partial charge in [-0.2, -0.15) is 0 Å². The molecule has 0 aliphatic carbocycles. The maximum Gasteiger partial charge on any atom is 0.137 e. The molecule has 0 aromatic heterocycles. The van der Waals surface area contributed by atoms with E-state index in [0.29, 0.717) is 17.6 Å². The highest BCUT2D eigenvalue weighted by molar-refractivity contribution is 9.10. The first kappa shape index (κ1) is 13.0. The summed E-state index contributed by atoms with van der Waals surface area (Å²) in [6.45, 7) is 2.86. The Morgan fingerprint density at radius 2 is 2.29 bits per heavy atom. The Balaban J connectivity index is 1.79. The highest BCUT2D eigenvalue weighted by atomic mass is 79.9. The SMILES string of the molecule is OC1CNCC1CNCc1ccc(Br)c(F)c1. The zero-order chi connectivity index (χ0) is 12.3. The molecule has 1 aromatic carbocycles. The molecule has 2 rings (SSSR count). The first-order valence-electron chi connectivity index (χ1n) is 5.70. The van der Waals surface area contributed by atoms with Crippen molar-refractivity contribution in [3.05, 3.63) is 34.1 Å². The quantitative estimate of drug-likeness (QED) is 0.784. The number of halogens is 2. The smallest absolute Gasteiger partial charge is 0.137 e. The summed E-state index contributed by atoms with van der Waals surface area (Å²) < 4.78 is 13.7. The van der Waals surface area contributed by atoms with Crippen LogP contribution in [0.2, 0.25) is 0 Å². The van der Waals surface area contributed by atoms with Gasteiger partial charge in [0.2, 0.25) is 0 Å². The number of nitrogens with one attached hydrogen (secondary N) is 2. The Morgan fingerprint density at radius 1 is 1.47 bits per heavy atom. The van der Waals surface area contributed by atoms with Gasteiger partial charge < -0.3 is 15.7 Å². The number of β-amino-alcohol motifs (C(OH)–C–C–N with tert-alkyl or cyclic N) is 1. The van der Waals surface area contributed by atoms with Crippen LogP contribution in [0.4, 0.5) is 4.39 Å². The molecule has 2 unspecified atom stereocenters. The second-order valence-corrected chi connectivity index (χ2v) is 5.22. The molecule has 2 atom stereocenters. The first-order chi connectivity index (χ1) is 8.16. The van der Waals surface area contributed by atoms with Crippen LogP contribution in [0, 0.1) is 11.7 Å². The summed E-state index contributed by atoms with van der Waals surface area (Å²) in [6, 6.07) is 5.10. The maximum absolute atomic E-state index is 13.2. The van der Waals surface area contributed by atoms with Crippen LogP contribution in [0.1, 0.15) is 5.56 Å². The fourth-order valence-electron chi connectivity index (χ4n) is 1.98. The molecule has 3 nitrogen and oxygen atoms in total. The van der Waals surface area contributed by atoms with Crippen molar-refractivity contribution in [2.24, 2.45) is 5.92 Å². The molecule has 0 bridgehead atoms. The van der Waals surface area contributed by atoms with E-state index in [1.807, 2.05) is 6.07 Å². The topological polar surface area (TPSA) is 44.3 Å². The monoisotopic (exact) mass is 302 g/mol. The fraction of sp³-hybridized carbons (Fsp3) is 0.500. The summed E-state index contributed by atoms with van der Waals surface area (Å²) in [7, 11) is 0. The number of rotatable bonds is 4. The lowest BCUT2D eigenvalue weighted by Gasteiger charge is -2.14. The van der Waals surface area contributed by atoms with E-state index < -0.39 is 0 Å². The van der Waals surface area contributed by atoms with Crippen molar-refractivity contribution in [2.75, 3.05) is 19.6 Å². The zero-order valence-electron chi connectivity index (χ0n) is 9.42. The standard InChI is InChI=1S/C12H16BrFN2O/c13-10-2-1-8(3-11(10)14)4-15-5-9-6-16-7-12(9)17/h1-3,9,12,15-17H,4-7H2. The summed E-state index contributed by atoms with van der Waals surface area (Å²) in [6.07, 6.45) is -0.274. The lowest BCUT2D eigenvalue weighted by atomic mass is 10.1. The molecule has 5 heteroatoms. The van der Waals surface area contributed by atoms with E-state index >= 15 is 0 Å². The van der Waals surface area contributed by atoms with Gasteiger partial charge >= 0.3 is 0 Å². The van der Waals surface area contributed by atoms with E-state index in [9.17, 15) is 9.50 Å². The number of hydrogen-bond acceptors (Lipinski definition) is 3. The Bertz CT molecular complexity index is 389. The molecule has 94 valence electrons. The van der Waals surface area contributed by atoms with Crippen LogP contribution in [-0.2, 0) is 6.54 Å². The second-order valence-electron chi connectivity index (χ2n) is 4.37. The minimum absolute atomic E-state index is 0.244. The van der Waals surface area contributed by atoms with E-state index in [1.165, 1.54) is 6.07 Å². The van der Waals surface area contributed by atoms with E-state index in [2.05, 4.69) is 26.6 Å². The first-order valence-corrected chi connectivity index (χ1v) is 6.49. The lowest BCUT2D eigenvalue weighted by molar-refractivity contribution is 0.146. The Morgan fingerprint density at radius 3 is 2.94 bits per heavy atom. The predicted molar refractivity (Wildman–Crippen MR) is 68.2 cm³/mol. The third kappa shape index (κ3) is 3.48. The van der Waals surface area contributed by atoms with Gasteiger partial charge in [-0.25, -0.2) is 4.39 Å². The predicted octanol–water partition coefficient (Wildman–Crippen LogP) is 1.26. The van der Waals surface area contributed by atoms with E-state index in [0.717, 1.165) is 18.7 Å². The highest BCUT2D eigenvalue weighted by Crippen LogP contribution is 2.16. The summed E-state index contributed by atoms with van der Waals surface area (Å²) in [5.41, 5.74) is 0.908. The van der Waals surface area contributed by atoms with Gasteiger partial charge in [-0.3, -0.25) is 0 Å². The Hall–Kier alpha value is -0.490. The molecule has 1 aromatic rings. The largest absolute Gasteiger partial charge is 0.391 e. The Labute approximate surface area is 109 Å². The van der Waals surface area contributed by atoms with Gasteiger partial charge in [0, 0.05) is 32.1 Å². The molecule has 0 spiro atoms. The van der Waals surface area contributed by atoms with Gasteiger partial charge in [-0.1, -0.05) is 6.07 Å². The van der Waals surface area contributed by atoms with Crippen molar-refractivity contribution in [1.29, 1.82) is 0 Å². The molecule has 17 heavy (non-hydrogen) atoms. The third-order valence-electron chi connectivity index (χ3n) is 3.02. The number of hydrogen-bond donors (Lipinski definition) is 3. The van der Waals surface area contributed by atoms with Crippen molar-refractivity contribution in [3.63, 3.8) is 0 Å². The van der Waals surface area contributed by atoms with Gasteiger partial charge in [0.25, 0.3) is 0 Å². The van der Waals surface area contributed by atoms with Gasteiger partial charge in [0.15, 0.2) is 0 Å². The van der Waals surface area contributed by atoms with Crippen molar-refractivity contribution in [3.8, 4) is 0 Å². The molecular weight excluding hydrogens is 287 g/mol. The van der Waals surface area contributed by atoms with Crippen LogP contribution in [0.25, 0.3) is 0 Å². The minimum atomic E-state index is -0.274. The molecule has 1 aliphatic rings. The van der Waals surface area contributed by atoms with Gasteiger partial charge in [-0.05, 0) is 33.6 Å². The van der Waals surface area contributed by atoms with Gasteiger partial charge in [0.1, 0.15) is 5.82 Å². The average molecular weight is 303 g/mol. The zero-order valence-corrected chi connectivity index (χ0v) is 11.0. The van der Waals surface area contributed by atoms with Crippen LogP contribution in [0.3, 0.4) is 0 Å². The van der Waals surface area contributed by atoms with Crippen LogP contribution < -0.4 is 10.6 Å². The molecule has 0 radical (unpaired) electrons. The van der Waals surface area contributed by atoms with Crippen LogP contribution in [0.15, 0.2) is 22.7 Å². The maximum atomic E-state index is 13.2. The molecule has 0 amide bonds. The number of benzene rings is 1. The summed E-state index contributed by atoms with van der Waals surface area (Å²) in [5.74, 6) is 0.00200. The molecule has 3 N–H and O–H groups in total. The molecule has 1 aliphatic heterocycles.